The van der Waals surface area contributed by atoms with Crippen molar-refractivity contribution >= 4 is 16.8 Å². The number of likely N-dealkylation sites (tertiary alicyclic amines) is 1. The Balaban J connectivity index is 1.73. The van der Waals surface area contributed by atoms with Crippen molar-refractivity contribution in [1.29, 1.82) is 0 Å². The summed E-state index contributed by atoms with van der Waals surface area (Å²) >= 11 is 0. The molecule has 2 heterocycles. The molecule has 3 aromatic rings. The quantitative estimate of drug-likeness (QED) is 0.550. The smallest absolute Gasteiger partial charge is 0.269 e. The highest BCUT2D eigenvalue weighted by atomic mass is 16.5. The Labute approximate surface area is 179 Å². The van der Waals surface area contributed by atoms with Gasteiger partial charge in [0.2, 0.25) is 0 Å². The molecule has 1 amide bonds. The number of fused-ring (bicyclic) bond motifs is 1. The van der Waals surface area contributed by atoms with Gasteiger partial charge in [-0.1, -0.05) is 17.9 Å². The highest BCUT2D eigenvalue weighted by molar-refractivity contribution is 6.04. The average molecular weight is 420 g/mol. The number of piperidine rings is 1. The molecule has 2 unspecified atom stereocenters. The van der Waals surface area contributed by atoms with Gasteiger partial charge < -0.3 is 20.7 Å². The van der Waals surface area contributed by atoms with E-state index >= 15 is 0 Å². The fourth-order valence-corrected chi connectivity index (χ4v) is 3.69. The summed E-state index contributed by atoms with van der Waals surface area (Å²) in [5.41, 5.74) is 6.48. The minimum atomic E-state index is -1.24. The van der Waals surface area contributed by atoms with E-state index in [1.54, 1.807) is 34.9 Å². The number of primary amides is 1. The number of hydrogen-bond donors (Lipinski definition) is 3. The number of carbonyl (C=O) groups is 1. The van der Waals surface area contributed by atoms with Gasteiger partial charge in [-0.15, -0.1) is 0 Å². The van der Waals surface area contributed by atoms with Crippen molar-refractivity contribution < 1.29 is 19.7 Å². The maximum atomic E-state index is 11.9. The highest BCUT2D eigenvalue weighted by Gasteiger charge is 2.34. The van der Waals surface area contributed by atoms with Gasteiger partial charge in [-0.3, -0.25) is 9.69 Å². The molecule has 160 valence electrons. The second-order valence-electron chi connectivity index (χ2n) is 7.76. The zero-order valence-electron chi connectivity index (χ0n) is 17.4. The Hall–Kier alpha value is -3.38. The van der Waals surface area contributed by atoms with E-state index in [0.717, 1.165) is 0 Å². The number of carbonyl (C=O) groups excluding carboxylic acids is 1. The third kappa shape index (κ3) is 4.11. The molecular weight excluding hydrogens is 396 g/mol. The van der Waals surface area contributed by atoms with Crippen LogP contribution in [0.1, 0.15) is 28.9 Å². The molecule has 1 aliphatic rings. The molecule has 8 nitrogen and oxygen atoms in total. The van der Waals surface area contributed by atoms with E-state index in [1.165, 1.54) is 0 Å². The van der Waals surface area contributed by atoms with E-state index in [-0.39, 0.29) is 12.1 Å². The van der Waals surface area contributed by atoms with Crippen molar-refractivity contribution in [1.82, 2.24) is 14.7 Å². The maximum Gasteiger partial charge on any atom is 0.269 e. The van der Waals surface area contributed by atoms with Crippen LogP contribution in [-0.4, -0.2) is 63.3 Å². The third-order valence-electron chi connectivity index (χ3n) is 5.56. The summed E-state index contributed by atoms with van der Waals surface area (Å²) in [7, 11) is 3.38. The largest absolute Gasteiger partial charge is 0.497 e. The number of nitrogens with zero attached hydrogens (tertiary/aromatic N) is 3. The summed E-state index contributed by atoms with van der Waals surface area (Å²) in [6.45, 7) is 0.559. The number of rotatable bonds is 3. The zero-order valence-corrected chi connectivity index (χ0v) is 17.4. The van der Waals surface area contributed by atoms with Gasteiger partial charge in [0.1, 0.15) is 17.6 Å². The van der Waals surface area contributed by atoms with Gasteiger partial charge in [0, 0.05) is 36.4 Å². The first-order valence-electron chi connectivity index (χ1n) is 9.90. The first kappa shape index (κ1) is 20.9. The summed E-state index contributed by atoms with van der Waals surface area (Å²) in [6, 6.07) is 12.6. The topological polar surface area (TPSA) is 114 Å². The molecule has 2 aromatic carbocycles. The molecule has 1 fully saturated rings. The first-order chi connectivity index (χ1) is 14.8. The van der Waals surface area contributed by atoms with E-state index < -0.39 is 17.7 Å². The lowest BCUT2D eigenvalue weighted by Crippen LogP contribution is -2.48. The van der Waals surface area contributed by atoms with Gasteiger partial charge in [-0.05, 0) is 37.4 Å². The van der Waals surface area contributed by atoms with Crippen molar-refractivity contribution in [3.05, 3.63) is 53.7 Å². The van der Waals surface area contributed by atoms with Crippen molar-refractivity contribution in [3.63, 3.8) is 0 Å². The minimum Gasteiger partial charge on any atom is -0.497 e. The maximum absolute atomic E-state index is 11.9. The van der Waals surface area contributed by atoms with Crippen LogP contribution >= 0.6 is 0 Å². The molecule has 31 heavy (non-hydrogen) atoms. The van der Waals surface area contributed by atoms with Crippen LogP contribution in [0.2, 0.25) is 0 Å². The van der Waals surface area contributed by atoms with Crippen LogP contribution in [0, 0.1) is 11.8 Å². The van der Waals surface area contributed by atoms with Gasteiger partial charge >= 0.3 is 0 Å². The summed E-state index contributed by atoms with van der Waals surface area (Å²) in [6.07, 6.45) is -0.0994. The standard InChI is InChI=1S/C23H24N4O4/c1-26-11-10-23(30,14-20(26)28)9-8-15-4-3-5-16(12-15)27-19-13-17(31-2)6-7-18(19)21(25-27)22(24)29/h3-7,12-13,20,28,30H,10-11,14H2,1-2H3,(H2,24,29). The number of hydrogen-bond acceptors (Lipinski definition) is 6. The number of benzene rings is 2. The number of aliphatic hydroxyl groups is 2. The van der Waals surface area contributed by atoms with Crippen molar-refractivity contribution in [2.75, 3.05) is 20.7 Å². The summed E-state index contributed by atoms with van der Waals surface area (Å²) in [5, 5.41) is 25.8. The highest BCUT2D eigenvalue weighted by Crippen LogP contribution is 2.27. The number of amides is 1. The van der Waals surface area contributed by atoms with Crippen molar-refractivity contribution in [2.45, 2.75) is 24.7 Å². The van der Waals surface area contributed by atoms with Crippen molar-refractivity contribution in [3.8, 4) is 23.3 Å². The number of nitrogens with two attached hydrogens (primary N) is 1. The molecule has 0 aliphatic carbocycles. The lowest BCUT2D eigenvalue weighted by Gasteiger charge is -2.36. The molecular formula is C23H24N4O4. The third-order valence-corrected chi connectivity index (χ3v) is 5.56. The van der Waals surface area contributed by atoms with Gasteiger partial charge in [0.15, 0.2) is 5.69 Å². The first-order valence-corrected chi connectivity index (χ1v) is 9.90. The van der Waals surface area contributed by atoms with Gasteiger partial charge in [0.25, 0.3) is 5.91 Å². The summed E-state index contributed by atoms with van der Waals surface area (Å²) in [4.78, 5) is 13.7. The number of methoxy groups -OCH3 is 1. The molecule has 0 spiro atoms. The van der Waals surface area contributed by atoms with Crippen LogP contribution in [-0.2, 0) is 0 Å². The Morgan fingerprint density at radius 3 is 2.84 bits per heavy atom. The Kier molecular flexibility index (Phi) is 5.41. The summed E-state index contributed by atoms with van der Waals surface area (Å²) in [5.74, 6) is 5.94. The number of ether oxygens (including phenoxy) is 1. The average Bonchev–Trinajstić information content (AvgIpc) is 3.15. The lowest BCUT2D eigenvalue weighted by atomic mass is 9.91. The molecule has 1 aliphatic heterocycles. The predicted octanol–water partition coefficient (Wildman–Crippen LogP) is 1.26. The van der Waals surface area contributed by atoms with Crippen LogP contribution in [0.3, 0.4) is 0 Å². The fourth-order valence-electron chi connectivity index (χ4n) is 3.69. The second-order valence-corrected chi connectivity index (χ2v) is 7.76. The zero-order chi connectivity index (χ0) is 22.2. The van der Waals surface area contributed by atoms with Gasteiger partial charge in [0.05, 0.1) is 18.3 Å². The molecule has 0 saturated carbocycles. The molecule has 4 N–H and O–H groups in total. The molecule has 1 aromatic heterocycles. The predicted molar refractivity (Wildman–Crippen MR) is 116 cm³/mol. The summed E-state index contributed by atoms with van der Waals surface area (Å²) < 4.78 is 6.93. The van der Waals surface area contributed by atoms with E-state index in [9.17, 15) is 15.0 Å². The molecule has 1 saturated heterocycles. The van der Waals surface area contributed by atoms with Crippen LogP contribution in [0.15, 0.2) is 42.5 Å². The van der Waals surface area contributed by atoms with E-state index in [0.29, 0.717) is 40.9 Å². The van der Waals surface area contributed by atoms with Crippen LogP contribution in [0.25, 0.3) is 16.6 Å². The van der Waals surface area contributed by atoms with E-state index in [1.807, 2.05) is 31.3 Å². The van der Waals surface area contributed by atoms with Crippen LogP contribution < -0.4 is 10.5 Å². The Morgan fingerprint density at radius 1 is 1.32 bits per heavy atom. The number of aliphatic hydroxyl groups excluding tert-OH is 1. The van der Waals surface area contributed by atoms with Gasteiger partial charge in [-0.25, -0.2) is 4.68 Å². The molecule has 2 atom stereocenters. The number of aromatic nitrogens is 2. The normalized spacial score (nSPS) is 21.5. The Bertz CT molecular complexity index is 1210. The van der Waals surface area contributed by atoms with E-state index in [4.69, 9.17) is 10.5 Å². The molecule has 0 bridgehead atoms. The molecule has 8 heteroatoms. The van der Waals surface area contributed by atoms with Gasteiger partial charge in [-0.2, -0.15) is 5.10 Å². The SMILES string of the molecule is COc1ccc2c(C(N)=O)nn(-c3cccc(C#CC4(O)CCN(C)C(O)C4)c3)c2c1. The second kappa shape index (κ2) is 8.04. The van der Waals surface area contributed by atoms with Crippen LogP contribution in [0.5, 0.6) is 5.75 Å². The monoisotopic (exact) mass is 420 g/mol. The van der Waals surface area contributed by atoms with Crippen molar-refractivity contribution in [2.24, 2.45) is 5.73 Å². The minimum absolute atomic E-state index is 0.168. The Morgan fingerprint density at radius 2 is 2.13 bits per heavy atom. The lowest BCUT2D eigenvalue weighted by molar-refractivity contribution is -0.0805. The van der Waals surface area contributed by atoms with Crippen LogP contribution in [0.4, 0.5) is 0 Å². The fraction of sp³-hybridized carbons (Fsp3) is 0.304. The molecule has 0 radical (unpaired) electrons. The molecule has 4 rings (SSSR count). The van der Waals surface area contributed by atoms with E-state index in [2.05, 4.69) is 16.9 Å².